The summed E-state index contributed by atoms with van der Waals surface area (Å²) in [6.45, 7) is -1.25. The average Bonchev–Trinajstić information content (AvgIpc) is 3.14. The number of carbonyl (C=O) groups is 3. The van der Waals surface area contributed by atoms with Crippen molar-refractivity contribution in [1.82, 2.24) is 5.32 Å². The number of amides is 1. The molecule has 2 aromatic rings. The van der Waals surface area contributed by atoms with E-state index in [1.807, 2.05) is 0 Å². The van der Waals surface area contributed by atoms with E-state index < -0.39 is 31.1 Å². The second-order valence-electron chi connectivity index (χ2n) is 6.99. The molecule has 0 saturated heterocycles. The topological polar surface area (TPSA) is 150 Å². The average molecular weight is 473 g/mol. The van der Waals surface area contributed by atoms with Gasteiger partial charge in [-0.1, -0.05) is 0 Å². The van der Waals surface area contributed by atoms with Gasteiger partial charge in [0.1, 0.15) is 17.5 Å². The molecule has 180 valence electrons. The predicted octanol–water partition coefficient (Wildman–Crippen LogP) is 1.27. The van der Waals surface area contributed by atoms with Crippen LogP contribution >= 0.6 is 0 Å². The Kier molecular flexibility index (Phi) is 7.59. The van der Waals surface area contributed by atoms with Crippen molar-refractivity contribution in [2.45, 2.75) is 6.04 Å². The number of nitrogens with one attached hydrogen (secondary N) is 1. The molecule has 3 N–H and O–H groups in total. The lowest BCUT2D eigenvalue weighted by molar-refractivity contribution is -0.143. The Labute approximate surface area is 194 Å². The molecule has 1 aliphatic rings. The van der Waals surface area contributed by atoms with Crippen LogP contribution in [0.4, 0.5) is 0 Å². The Morgan fingerprint density at radius 3 is 2.32 bits per heavy atom. The molecule has 0 aliphatic carbocycles. The molecule has 0 spiro atoms. The molecule has 2 aromatic carbocycles. The van der Waals surface area contributed by atoms with Gasteiger partial charge in [0.05, 0.1) is 33.5 Å². The predicted molar refractivity (Wildman–Crippen MR) is 118 cm³/mol. The van der Waals surface area contributed by atoms with Crippen LogP contribution in [0.15, 0.2) is 36.1 Å². The van der Waals surface area contributed by atoms with E-state index in [4.69, 9.17) is 33.9 Å². The maximum atomic E-state index is 12.8. The minimum Gasteiger partial charge on any atom is -0.493 e. The Hall–Kier alpha value is -4.25. The summed E-state index contributed by atoms with van der Waals surface area (Å²) in [6, 6.07) is 6.32. The van der Waals surface area contributed by atoms with Crippen molar-refractivity contribution in [3.8, 4) is 28.7 Å². The summed E-state index contributed by atoms with van der Waals surface area (Å²) in [5.41, 5.74) is 0.886. The highest BCUT2D eigenvalue weighted by atomic mass is 16.5. The summed E-state index contributed by atoms with van der Waals surface area (Å²) in [7, 11) is 4.45. The van der Waals surface area contributed by atoms with Crippen LogP contribution in [0.1, 0.15) is 15.9 Å². The largest absolute Gasteiger partial charge is 0.493 e. The molecule has 1 amide bonds. The van der Waals surface area contributed by atoms with Crippen molar-refractivity contribution >= 4 is 23.7 Å². The number of fused-ring (bicyclic) bond motifs is 1. The van der Waals surface area contributed by atoms with E-state index in [0.717, 1.165) is 0 Å². The summed E-state index contributed by atoms with van der Waals surface area (Å²) in [5.74, 6) is -0.685. The number of carbonyl (C=O) groups excluding carboxylic acids is 2. The third-order valence-electron chi connectivity index (χ3n) is 4.81. The first kappa shape index (κ1) is 24.4. The zero-order valence-electron chi connectivity index (χ0n) is 18.6. The number of rotatable bonds is 10. The number of Topliss-reactive ketones (excluding diaryl/α,β-unsaturated/α-hetero) is 1. The number of carboxylic acid groups (broad SMARTS) is 1. The molecular formula is C23H23NO10. The molecule has 3 rings (SSSR count). The fourth-order valence-corrected chi connectivity index (χ4v) is 3.16. The van der Waals surface area contributed by atoms with E-state index in [0.29, 0.717) is 28.4 Å². The molecule has 0 saturated carbocycles. The number of aliphatic hydroxyl groups is 1. The minimum absolute atomic E-state index is 0.0615. The lowest BCUT2D eigenvalue weighted by atomic mass is 10.1. The van der Waals surface area contributed by atoms with Gasteiger partial charge in [-0.3, -0.25) is 9.59 Å². The third kappa shape index (κ3) is 5.21. The lowest BCUT2D eigenvalue weighted by Crippen LogP contribution is -2.45. The zero-order valence-corrected chi connectivity index (χ0v) is 18.6. The van der Waals surface area contributed by atoms with E-state index in [1.54, 1.807) is 12.1 Å². The highest BCUT2D eigenvalue weighted by molar-refractivity contribution is 6.14. The van der Waals surface area contributed by atoms with Crippen LogP contribution in [-0.4, -0.2) is 68.5 Å². The number of benzene rings is 2. The van der Waals surface area contributed by atoms with E-state index >= 15 is 0 Å². The van der Waals surface area contributed by atoms with E-state index in [9.17, 15) is 14.4 Å². The second-order valence-corrected chi connectivity index (χ2v) is 6.99. The van der Waals surface area contributed by atoms with Gasteiger partial charge in [0.2, 0.25) is 11.5 Å². The highest BCUT2D eigenvalue weighted by Crippen LogP contribution is 2.40. The van der Waals surface area contributed by atoms with Crippen LogP contribution in [0.25, 0.3) is 6.08 Å². The zero-order chi connectivity index (χ0) is 24.8. The van der Waals surface area contributed by atoms with Crippen LogP contribution in [-0.2, 0) is 9.59 Å². The lowest BCUT2D eigenvalue weighted by Gasteiger charge is -2.13. The molecule has 0 aromatic heterocycles. The number of carboxylic acids is 1. The van der Waals surface area contributed by atoms with Crippen molar-refractivity contribution in [3.63, 3.8) is 0 Å². The van der Waals surface area contributed by atoms with Gasteiger partial charge in [-0.2, -0.15) is 0 Å². The van der Waals surface area contributed by atoms with Crippen molar-refractivity contribution < 1.29 is 48.3 Å². The monoisotopic (exact) mass is 473 g/mol. The van der Waals surface area contributed by atoms with Crippen LogP contribution in [0.3, 0.4) is 0 Å². The Morgan fingerprint density at radius 2 is 1.76 bits per heavy atom. The first-order valence-corrected chi connectivity index (χ1v) is 9.95. The van der Waals surface area contributed by atoms with Crippen LogP contribution in [0.2, 0.25) is 0 Å². The molecule has 34 heavy (non-hydrogen) atoms. The van der Waals surface area contributed by atoms with Gasteiger partial charge in [-0.25, -0.2) is 4.79 Å². The molecule has 11 nitrogen and oxygen atoms in total. The molecule has 0 bridgehead atoms. The quantitative estimate of drug-likeness (QED) is 0.431. The highest BCUT2D eigenvalue weighted by Gasteiger charge is 2.28. The van der Waals surface area contributed by atoms with Crippen LogP contribution in [0, 0.1) is 0 Å². The number of ether oxygens (including phenoxy) is 5. The molecule has 11 heteroatoms. The molecule has 0 fully saturated rings. The summed E-state index contributed by atoms with van der Waals surface area (Å²) in [6.07, 6.45) is 1.53. The first-order valence-electron chi connectivity index (χ1n) is 9.95. The van der Waals surface area contributed by atoms with Gasteiger partial charge in [0.15, 0.2) is 23.9 Å². The van der Waals surface area contributed by atoms with Crippen LogP contribution in [0.5, 0.6) is 28.7 Å². The summed E-state index contributed by atoms with van der Waals surface area (Å²) in [5, 5.41) is 19.9. The van der Waals surface area contributed by atoms with Crippen molar-refractivity contribution in [3.05, 3.63) is 47.2 Å². The number of hydrogen-bond donors (Lipinski definition) is 3. The van der Waals surface area contributed by atoms with Crippen molar-refractivity contribution in [2.75, 3.05) is 34.5 Å². The fourth-order valence-electron chi connectivity index (χ4n) is 3.16. The van der Waals surface area contributed by atoms with Gasteiger partial charge in [0.25, 0.3) is 5.91 Å². The number of ketones is 1. The van der Waals surface area contributed by atoms with Gasteiger partial charge >= 0.3 is 5.97 Å². The summed E-state index contributed by atoms with van der Waals surface area (Å²) >= 11 is 0. The number of aliphatic hydroxyl groups excluding tert-OH is 1. The van der Waals surface area contributed by atoms with Crippen molar-refractivity contribution in [2.24, 2.45) is 0 Å². The Balaban J connectivity index is 1.75. The molecule has 1 atom stereocenters. The van der Waals surface area contributed by atoms with Crippen LogP contribution < -0.4 is 29.0 Å². The number of aliphatic carboxylic acids is 1. The summed E-state index contributed by atoms with van der Waals surface area (Å²) < 4.78 is 27.0. The normalized spacial score (nSPS) is 14.1. The molecule has 1 heterocycles. The van der Waals surface area contributed by atoms with Gasteiger partial charge in [-0.05, 0) is 35.9 Å². The third-order valence-corrected chi connectivity index (χ3v) is 4.81. The summed E-state index contributed by atoms with van der Waals surface area (Å²) in [4.78, 5) is 35.5. The van der Waals surface area contributed by atoms with E-state index in [1.165, 1.54) is 45.6 Å². The fraction of sp³-hybridized carbons (Fsp3) is 0.261. The van der Waals surface area contributed by atoms with Gasteiger partial charge in [0, 0.05) is 6.07 Å². The molecular weight excluding hydrogens is 450 g/mol. The smallest absolute Gasteiger partial charge is 0.328 e. The number of allylic oxidation sites excluding steroid dienone is 1. The maximum Gasteiger partial charge on any atom is 0.328 e. The number of methoxy groups -OCH3 is 3. The van der Waals surface area contributed by atoms with E-state index in [2.05, 4.69) is 5.32 Å². The Morgan fingerprint density at radius 1 is 1.09 bits per heavy atom. The molecule has 1 unspecified atom stereocenters. The Bertz CT molecular complexity index is 1120. The number of hydrogen-bond acceptors (Lipinski definition) is 9. The van der Waals surface area contributed by atoms with Gasteiger partial charge < -0.3 is 39.2 Å². The van der Waals surface area contributed by atoms with Gasteiger partial charge in [-0.15, -0.1) is 0 Å². The molecule has 0 radical (unpaired) electrons. The first-order chi connectivity index (χ1) is 16.3. The van der Waals surface area contributed by atoms with E-state index in [-0.39, 0.29) is 23.0 Å². The minimum atomic E-state index is -1.43. The standard InChI is InChI=1S/C23H23NO10/c1-30-18-7-12(8-19(31-2)22(18)32-3)6-17-21(27)14-5-4-13(9-16(14)34-17)33-11-20(26)24-15(10-25)23(28)29/h4-9,15,25H,10-11H2,1-3H3,(H,24,26)(H,28,29). The maximum absolute atomic E-state index is 12.8. The van der Waals surface area contributed by atoms with Crippen molar-refractivity contribution in [1.29, 1.82) is 0 Å². The SMILES string of the molecule is COc1cc(C=C2Oc3cc(OCC(=O)NC(CO)C(=O)O)ccc3C2=O)cc(OC)c1OC. The second kappa shape index (κ2) is 10.6. The molecule has 1 aliphatic heterocycles.